The second kappa shape index (κ2) is 5.51. The minimum absolute atomic E-state index is 0.0168. The van der Waals surface area contributed by atoms with Gasteiger partial charge in [-0.25, -0.2) is 0 Å². The van der Waals surface area contributed by atoms with Crippen LogP contribution in [0.25, 0.3) is 0 Å². The largest absolute Gasteiger partial charge is 0.465 e. The predicted octanol–water partition coefficient (Wildman–Crippen LogP) is 0.782. The zero-order chi connectivity index (χ0) is 10.6. The Kier molecular flexibility index (Phi) is 4.61. The average Bonchev–Trinajstić information content (AvgIpc) is 2.57. The molecule has 1 fully saturated rings. The molecule has 0 aliphatic carbocycles. The van der Waals surface area contributed by atoms with Gasteiger partial charge in [0.1, 0.15) is 6.04 Å². The molecule has 14 heavy (non-hydrogen) atoms. The van der Waals surface area contributed by atoms with E-state index in [0.717, 1.165) is 6.54 Å². The lowest BCUT2D eigenvalue weighted by Gasteiger charge is -2.28. The molecule has 0 spiro atoms. The third kappa shape index (κ3) is 2.82. The van der Waals surface area contributed by atoms with Gasteiger partial charge in [-0.05, 0) is 31.9 Å². The highest BCUT2D eigenvalue weighted by atomic mass is 28.2. The maximum absolute atomic E-state index is 11.7. The first kappa shape index (κ1) is 11.7. The van der Waals surface area contributed by atoms with Crippen LogP contribution in [-0.2, 0) is 9.53 Å². The van der Waals surface area contributed by atoms with Crippen LogP contribution in [0.5, 0.6) is 0 Å². The highest BCUT2D eigenvalue weighted by Gasteiger charge is 2.31. The van der Waals surface area contributed by atoms with Crippen LogP contribution in [-0.4, -0.2) is 39.4 Å². The van der Waals surface area contributed by atoms with Crippen molar-refractivity contribution in [2.24, 2.45) is 5.92 Å². The summed E-state index contributed by atoms with van der Waals surface area (Å²) in [7, 11) is -0.160. The molecule has 0 bridgehead atoms. The zero-order valence-corrected chi connectivity index (χ0v) is 10.9. The maximum atomic E-state index is 11.7. The van der Waals surface area contributed by atoms with Crippen LogP contribution in [0.4, 0.5) is 0 Å². The highest BCUT2D eigenvalue weighted by molar-refractivity contribution is 6.33. The van der Waals surface area contributed by atoms with E-state index in [0.29, 0.717) is 12.5 Å². The van der Waals surface area contributed by atoms with Gasteiger partial charge in [-0.1, -0.05) is 13.8 Å². The normalized spacial score (nSPS) is 21.7. The first-order chi connectivity index (χ1) is 6.66. The van der Waals surface area contributed by atoms with E-state index < -0.39 is 0 Å². The number of carbonyl (C=O) groups is 1. The van der Waals surface area contributed by atoms with Crippen molar-refractivity contribution in [1.82, 2.24) is 4.57 Å². The Bertz CT molecular complexity index is 191. The van der Waals surface area contributed by atoms with Gasteiger partial charge in [0.15, 0.2) is 0 Å². The van der Waals surface area contributed by atoms with Crippen LogP contribution in [0, 0.1) is 5.92 Å². The third-order valence-electron chi connectivity index (χ3n) is 2.69. The summed E-state index contributed by atoms with van der Waals surface area (Å²) in [6.07, 6.45) is 1.27. The number of nitrogens with zero attached hydrogens (tertiary/aromatic N) is 1. The fourth-order valence-electron chi connectivity index (χ4n) is 2.09. The van der Waals surface area contributed by atoms with Crippen molar-refractivity contribution in [3.05, 3.63) is 0 Å². The molecule has 1 rings (SSSR count). The van der Waals surface area contributed by atoms with Crippen molar-refractivity contribution in [2.45, 2.75) is 39.3 Å². The van der Waals surface area contributed by atoms with Crippen LogP contribution < -0.4 is 0 Å². The van der Waals surface area contributed by atoms with Gasteiger partial charge in [0, 0.05) is 0 Å². The number of ether oxygens (including phenoxy) is 1. The van der Waals surface area contributed by atoms with Crippen molar-refractivity contribution < 1.29 is 9.53 Å². The fourth-order valence-corrected chi connectivity index (χ4v) is 4.24. The van der Waals surface area contributed by atoms with E-state index in [1.165, 1.54) is 12.5 Å². The summed E-state index contributed by atoms with van der Waals surface area (Å²) in [6.45, 7) is 7.69. The zero-order valence-electron chi connectivity index (χ0n) is 9.45. The van der Waals surface area contributed by atoms with Gasteiger partial charge < -0.3 is 9.30 Å². The Morgan fingerprint density at radius 1 is 1.57 bits per heavy atom. The molecule has 0 saturated carbocycles. The molecule has 1 unspecified atom stereocenters. The lowest BCUT2D eigenvalue weighted by molar-refractivity contribution is -0.149. The number of rotatable bonds is 4. The Labute approximate surface area is 88.7 Å². The highest BCUT2D eigenvalue weighted by Crippen LogP contribution is 2.17. The second-order valence-corrected chi connectivity index (χ2v) is 6.15. The predicted molar refractivity (Wildman–Crippen MR) is 59.9 cm³/mol. The van der Waals surface area contributed by atoms with Crippen molar-refractivity contribution in [2.75, 3.05) is 13.2 Å². The number of carbonyl (C=O) groups excluding carboxylic acids is 1. The van der Waals surface area contributed by atoms with Gasteiger partial charge in [-0.15, -0.1) is 0 Å². The molecule has 1 saturated heterocycles. The van der Waals surface area contributed by atoms with Crippen LogP contribution in [0.15, 0.2) is 0 Å². The summed E-state index contributed by atoms with van der Waals surface area (Å²) in [6, 6.07) is 1.38. The molecule has 0 aromatic rings. The van der Waals surface area contributed by atoms with Gasteiger partial charge in [0.2, 0.25) is 0 Å². The van der Waals surface area contributed by atoms with E-state index >= 15 is 0 Å². The quantitative estimate of drug-likeness (QED) is 0.513. The van der Waals surface area contributed by atoms with Crippen molar-refractivity contribution >= 4 is 15.7 Å². The van der Waals surface area contributed by atoms with Crippen LogP contribution >= 0.6 is 0 Å². The minimum atomic E-state index is -0.160. The van der Waals surface area contributed by atoms with E-state index in [1.807, 2.05) is 6.92 Å². The van der Waals surface area contributed by atoms with Gasteiger partial charge in [0.05, 0.1) is 16.3 Å². The van der Waals surface area contributed by atoms with Gasteiger partial charge in [-0.3, -0.25) is 4.79 Å². The Hall–Kier alpha value is -0.353. The van der Waals surface area contributed by atoms with E-state index in [4.69, 9.17) is 4.74 Å². The molecule has 1 aliphatic heterocycles. The van der Waals surface area contributed by atoms with E-state index in [1.54, 1.807) is 0 Å². The summed E-state index contributed by atoms with van der Waals surface area (Å²) in [5.41, 5.74) is 0. The summed E-state index contributed by atoms with van der Waals surface area (Å²) < 4.78 is 7.51. The Morgan fingerprint density at radius 2 is 2.29 bits per heavy atom. The molecule has 0 N–H and O–H groups in total. The van der Waals surface area contributed by atoms with Crippen molar-refractivity contribution in [3.8, 4) is 0 Å². The van der Waals surface area contributed by atoms with Crippen LogP contribution in [0.1, 0.15) is 27.2 Å². The Balaban J connectivity index is 2.57. The molecule has 0 amide bonds. The Morgan fingerprint density at radius 3 is 2.71 bits per heavy atom. The molecular formula is C10H21NO2Si. The lowest BCUT2D eigenvalue weighted by atomic mass is 10.0. The molecule has 3 nitrogen and oxygen atoms in total. The van der Waals surface area contributed by atoms with E-state index in [9.17, 15) is 4.79 Å². The topological polar surface area (TPSA) is 29.5 Å². The lowest BCUT2D eigenvalue weighted by Crippen LogP contribution is -2.45. The fraction of sp³-hybridized carbons (Fsp3) is 0.900. The molecule has 1 atom stereocenters. The monoisotopic (exact) mass is 215 g/mol. The standard InChI is InChI=1S/C10H21NO2Si/c1-4-13-10(12)9(8(2)3)11-6-5-7-14-11/h8-9H,4-7,14H2,1-3H3. The summed E-state index contributed by atoms with van der Waals surface area (Å²) >= 11 is 0. The summed E-state index contributed by atoms with van der Waals surface area (Å²) in [5.74, 6) is 0.358. The SMILES string of the molecule is CCOC(=O)C(C(C)C)N1CCC[SiH2]1. The van der Waals surface area contributed by atoms with Crippen molar-refractivity contribution in [3.63, 3.8) is 0 Å². The first-order valence-electron chi connectivity index (χ1n) is 5.57. The molecule has 0 aromatic carbocycles. The molecule has 1 heterocycles. The van der Waals surface area contributed by atoms with Crippen LogP contribution in [0.3, 0.4) is 0 Å². The first-order valence-corrected chi connectivity index (χ1v) is 7.20. The second-order valence-electron chi connectivity index (χ2n) is 4.18. The van der Waals surface area contributed by atoms with Crippen LogP contribution in [0.2, 0.25) is 6.04 Å². The number of esters is 1. The molecular weight excluding hydrogens is 194 g/mol. The molecule has 1 aliphatic rings. The summed E-state index contributed by atoms with van der Waals surface area (Å²) in [5, 5.41) is 0. The number of hydrogen-bond acceptors (Lipinski definition) is 3. The van der Waals surface area contributed by atoms with E-state index in [-0.39, 0.29) is 21.7 Å². The summed E-state index contributed by atoms with van der Waals surface area (Å²) in [4.78, 5) is 11.7. The molecule has 0 aromatic heterocycles. The minimum Gasteiger partial charge on any atom is -0.465 e. The molecule has 4 heteroatoms. The third-order valence-corrected chi connectivity index (χ3v) is 4.79. The average molecular weight is 215 g/mol. The van der Waals surface area contributed by atoms with Gasteiger partial charge in [-0.2, -0.15) is 0 Å². The van der Waals surface area contributed by atoms with Gasteiger partial charge >= 0.3 is 5.97 Å². The van der Waals surface area contributed by atoms with Crippen molar-refractivity contribution in [1.29, 1.82) is 0 Å². The van der Waals surface area contributed by atoms with E-state index in [2.05, 4.69) is 18.4 Å². The molecule has 0 radical (unpaired) electrons. The maximum Gasteiger partial charge on any atom is 0.322 e. The van der Waals surface area contributed by atoms with Gasteiger partial charge in [0.25, 0.3) is 0 Å². The molecule has 82 valence electrons. The smallest absolute Gasteiger partial charge is 0.322 e. The number of hydrogen-bond donors (Lipinski definition) is 0.